The molecule has 2 aromatic rings. The second-order valence-electron chi connectivity index (χ2n) is 6.28. The SMILES string of the molecule is Cc1ccc(OCC(=O)c2cnc(CN3CCC(O)CC3)[nH]2)cc1. The van der Waals surface area contributed by atoms with Crippen molar-refractivity contribution in [3.8, 4) is 5.75 Å². The molecule has 0 aliphatic carbocycles. The van der Waals surface area contributed by atoms with Gasteiger partial charge in [0, 0.05) is 13.1 Å². The number of hydrogen-bond donors (Lipinski definition) is 2. The molecule has 128 valence electrons. The van der Waals surface area contributed by atoms with Crippen LogP contribution in [0.15, 0.2) is 30.5 Å². The molecule has 0 bridgehead atoms. The van der Waals surface area contributed by atoms with Crippen molar-refractivity contribution >= 4 is 5.78 Å². The summed E-state index contributed by atoms with van der Waals surface area (Å²) in [6.45, 7) is 4.35. The molecular weight excluding hydrogens is 306 g/mol. The molecule has 2 N–H and O–H groups in total. The number of Topliss-reactive ketones (excluding diaryl/α,β-unsaturated/α-hetero) is 1. The molecule has 0 unspecified atom stereocenters. The topological polar surface area (TPSA) is 78.4 Å². The minimum Gasteiger partial charge on any atom is -0.485 e. The van der Waals surface area contributed by atoms with Gasteiger partial charge in [-0.3, -0.25) is 9.69 Å². The summed E-state index contributed by atoms with van der Waals surface area (Å²) >= 11 is 0. The number of nitrogens with zero attached hydrogens (tertiary/aromatic N) is 2. The molecule has 1 aromatic heterocycles. The maximum Gasteiger partial charge on any atom is 0.217 e. The quantitative estimate of drug-likeness (QED) is 0.792. The Morgan fingerprint density at radius 1 is 1.33 bits per heavy atom. The monoisotopic (exact) mass is 329 g/mol. The fraction of sp³-hybridized carbons (Fsp3) is 0.444. The summed E-state index contributed by atoms with van der Waals surface area (Å²) in [6.07, 6.45) is 2.96. The average Bonchev–Trinajstić information content (AvgIpc) is 3.05. The number of nitrogens with one attached hydrogen (secondary N) is 1. The Labute approximate surface area is 141 Å². The number of aliphatic hydroxyl groups excluding tert-OH is 1. The molecule has 1 saturated heterocycles. The van der Waals surface area contributed by atoms with E-state index >= 15 is 0 Å². The highest BCUT2D eigenvalue weighted by atomic mass is 16.5. The number of aliphatic hydroxyl groups is 1. The molecule has 24 heavy (non-hydrogen) atoms. The zero-order valence-corrected chi connectivity index (χ0v) is 13.9. The van der Waals surface area contributed by atoms with Gasteiger partial charge >= 0.3 is 0 Å². The lowest BCUT2D eigenvalue weighted by Gasteiger charge is -2.28. The van der Waals surface area contributed by atoms with Crippen molar-refractivity contribution in [3.63, 3.8) is 0 Å². The van der Waals surface area contributed by atoms with Gasteiger partial charge in [-0.1, -0.05) is 17.7 Å². The van der Waals surface area contributed by atoms with E-state index in [1.807, 2.05) is 31.2 Å². The molecule has 0 amide bonds. The highest BCUT2D eigenvalue weighted by Crippen LogP contribution is 2.14. The number of carbonyl (C=O) groups excluding carboxylic acids is 1. The number of hydrogen-bond acceptors (Lipinski definition) is 5. The number of aromatic amines is 1. The van der Waals surface area contributed by atoms with Crippen LogP contribution >= 0.6 is 0 Å². The van der Waals surface area contributed by atoms with Gasteiger partial charge in [-0.25, -0.2) is 4.98 Å². The summed E-state index contributed by atoms with van der Waals surface area (Å²) in [5.41, 5.74) is 1.62. The van der Waals surface area contributed by atoms with Gasteiger partial charge in [0.05, 0.1) is 18.8 Å². The van der Waals surface area contributed by atoms with Gasteiger partial charge in [0.1, 0.15) is 17.3 Å². The second-order valence-corrected chi connectivity index (χ2v) is 6.28. The van der Waals surface area contributed by atoms with Crippen LogP contribution in [0, 0.1) is 6.92 Å². The third kappa shape index (κ3) is 4.43. The predicted molar refractivity (Wildman–Crippen MR) is 90.1 cm³/mol. The first-order valence-corrected chi connectivity index (χ1v) is 8.27. The van der Waals surface area contributed by atoms with Gasteiger partial charge in [0.25, 0.3) is 0 Å². The molecule has 2 heterocycles. The largest absolute Gasteiger partial charge is 0.485 e. The van der Waals surface area contributed by atoms with E-state index in [2.05, 4.69) is 14.9 Å². The van der Waals surface area contributed by atoms with Crippen LogP contribution in [0.2, 0.25) is 0 Å². The van der Waals surface area contributed by atoms with Crippen LogP contribution in [0.5, 0.6) is 5.75 Å². The summed E-state index contributed by atoms with van der Waals surface area (Å²) in [6, 6.07) is 7.60. The van der Waals surface area contributed by atoms with E-state index in [4.69, 9.17) is 4.74 Å². The van der Waals surface area contributed by atoms with Gasteiger partial charge in [-0.2, -0.15) is 0 Å². The molecule has 6 heteroatoms. The average molecular weight is 329 g/mol. The molecule has 1 aliphatic heterocycles. The first-order valence-electron chi connectivity index (χ1n) is 8.27. The molecule has 1 aromatic carbocycles. The summed E-state index contributed by atoms with van der Waals surface area (Å²) in [4.78, 5) is 21.8. The van der Waals surface area contributed by atoms with E-state index in [1.165, 1.54) is 0 Å². The van der Waals surface area contributed by atoms with E-state index in [-0.39, 0.29) is 18.5 Å². The van der Waals surface area contributed by atoms with Crippen molar-refractivity contribution in [2.24, 2.45) is 0 Å². The van der Waals surface area contributed by atoms with E-state index < -0.39 is 0 Å². The molecule has 0 radical (unpaired) electrons. The van der Waals surface area contributed by atoms with Gasteiger partial charge in [0.2, 0.25) is 5.78 Å². The van der Waals surface area contributed by atoms with E-state index in [0.29, 0.717) is 18.0 Å². The zero-order valence-electron chi connectivity index (χ0n) is 13.9. The highest BCUT2D eigenvalue weighted by Gasteiger charge is 2.18. The minimum absolute atomic E-state index is 0.0133. The molecule has 0 saturated carbocycles. The van der Waals surface area contributed by atoms with Gasteiger partial charge in [-0.05, 0) is 31.9 Å². The minimum atomic E-state index is -0.186. The summed E-state index contributed by atoms with van der Waals surface area (Å²) in [5, 5.41) is 9.53. The molecule has 3 rings (SSSR count). The summed E-state index contributed by atoms with van der Waals surface area (Å²) in [7, 11) is 0. The van der Waals surface area contributed by atoms with Crippen molar-refractivity contribution in [3.05, 3.63) is 47.5 Å². The van der Waals surface area contributed by atoms with Crippen LogP contribution in [0.3, 0.4) is 0 Å². The Hall–Kier alpha value is -2.18. The van der Waals surface area contributed by atoms with Crippen molar-refractivity contribution < 1.29 is 14.6 Å². The number of piperidine rings is 1. The Balaban J connectivity index is 1.50. The fourth-order valence-electron chi connectivity index (χ4n) is 2.73. The Bertz CT molecular complexity index is 673. The summed E-state index contributed by atoms with van der Waals surface area (Å²) < 4.78 is 5.51. The highest BCUT2D eigenvalue weighted by molar-refractivity contribution is 5.95. The van der Waals surface area contributed by atoms with Crippen LogP contribution in [-0.2, 0) is 6.54 Å². The smallest absolute Gasteiger partial charge is 0.217 e. The molecule has 0 spiro atoms. The summed E-state index contributed by atoms with van der Waals surface area (Å²) in [5.74, 6) is 1.33. The van der Waals surface area contributed by atoms with Crippen molar-refractivity contribution in [2.45, 2.75) is 32.4 Å². The normalized spacial score (nSPS) is 16.2. The van der Waals surface area contributed by atoms with E-state index in [0.717, 1.165) is 37.3 Å². The zero-order chi connectivity index (χ0) is 16.9. The number of carbonyl (C=O) groups is 1. The number of aromatic nitrogens is 2. The van der Waals surface area contributed by atoms with Crippen molar-refractivity contribution in [1.82, 2.24) is 14.9 Å². The van der Waals surface area contributed by atoms with E-state index in [9.17, 15) is 9.90 Å². The molecule has 0 atom stereocenters. The number of ketones is 1. The number of aryl methyl sites for hydroxylation is 1. The third-order valence-electron chi connectivity index (χ3n) is 4.25. The van der Waals surface area contributed by atoms with Crippen molar-refractivity contribution in [2.75, 3.05) is 19.7 Å². The Kier molecular flexibility index (Phi) is 5.27. The van der Waals surface area contributed by atoms with Crippen molar-refractivity contribution in [1.29, 1.82) is 0 Å². The standard InChI is InChI=1S/C18H23N3O3/c1-13-2-4-15(5-3-13)24-12-17(23)16-10-19-18(20-16)11-21-8-6-14(22)7-9-21/h2-5,10,14,22H,6-9,11-12H2,1H3,(H,19,20). The Morgan fingerprint density at radius 2 is 2.04 bits per heavy atom. The fourth-order valence-corrected chi connectivity index (χ4v) is 2.73. The lowest BCUT2D eigenvalue weighted by molar-refractivity contribution is 0.0781. The molecule has 1 fully saturated rings. The number of imidazole rings is 1. The number of likely N-dealkylation sites (tertiary alicyclic amines) is 1. The van der Waals surface area contributed by atoms with Crippen LogP contribution < -0.4 is 4.74 Å². The van der Waals surface area contributed by atoms with Crippen LogP contribution in [0.1, 0.15) is 34.7 Å². The van der Waals surface area contributed by atoms with Crippen LogP contribution in [0.25, 0.3) is 0 Å². The van der Waals surface area contributed by atoms with E-state index in [1.54, 1.807) is 6.20 Å². The number of rotatable bonds is 6. The molecular formula is C18H23N3O3. The predicted octanol–water partition coefficient (Wildman–Crippen LogP) is 1.94. The number of ether oxygens (including phenoxy) is 1. The molecule has 6 nitrogen and oxygen atoms in total. The first-order chi connectivity index (χ1) is 11.6. The number of benzene rings is 1. The van der Waals surface area contributed by atoms with Gasteiger partial charge in [0.15, 0.2) is 6.61 Å². The van der Waals surface area contributed by atoms with Crippen LogP contribution in [-0.4, -0.2) is 51.6 Å². The maximum absolute atomic E-state index is 12.2. The van der Waals surface area contributed by atoms with Gasteiger partial charge in [-0.15, -0.1) is 0 Å². The Morgan fingerprint density at radius 3 is 2.75 bits per heavy atom. The first kappa shape index (κ1) is 16.7. The third-order valence-corrected chi connectivity index (χ3v) is 4.25. The maximum atomic E-state index is 12.2. The van der Waals surface area contributed by atoms with Gasteiger partial charge < -0.3 is 14.8 Å². The van der Waals surface area contributed by atoms with Crippen LogP contribution in [0.4, 0.5) is 0 Å². The lowest BCUT2D eigenvalue weighted by atomic mass is 10.1. The lowest BCUT2D eigenvalue weighted by Crippen LogP contribution is -2.35. The molecule has 1 aliphatic rings. The second kappa shape index (κ2) is 7.59. The number of H-pyrrole nitrogens is 1.